The SMILES string of the molecule is Cc1ccc(NN=[C+]c2ccccc2)cc1. The lowest BCUT2D eigenvalue weighted by Crippen LogP contribution is -1.90. The van der Waals surface area contributed by atoms with Crippen LogP contribution in [0.1, 0.15) is 11.1 Å². The zero-order chi connectivity index (χ0) is 11.2. The van der Waals surface area contributed by atoms with Crippen molar-refractivity contribution in [1.29, 1.82) is 0 Å². The molecular weight excluding hydrogens is 196 g/mol. The Bertz CT molecular complexity index is 458. The minimum absolute atomic E-state index is 0.960. The molecule has 0 saturated heterocycles. The number of benzene rings is 2. The maximum atomic E-state index is 4.04. The molecule has 78 valence electrons. The molecule has 0 radical (unpaired) electrons. The number of nitrogens with zero attached hydrogens (tertiary/aromatic N) is 1. The van der Waals surface area contributed by atoms with Crippen LogP contribution in [0.25, 0.3) is 0 Å². The van der Waals surface area contributed by atoms with Gasteiger partial charge in [-0.15, -0.1) is 0 Å². The molecule has 16 heavy (non-hydrogen) atoms. The molecule has 2 aromatic rings. The van der Waals surface area contributed by atoms with E-state index >= 15 is 0 Å². The highest BCUT2D eigenvalue weighted by Gasteiger charge is 1.96. The number of aryl methyl sites for hydroxylation is 1. The average molecular weight is 209 g/mol. The third-order valence-electron chi connectivity index (χ3n) is 2.20. The van der Waals surface area contributed by atoms with Gasteiger partial charge in [-0.2, -0.15) is 0 Å². The number of nitrogens with one attached hydrogen (secondary N) is 1. The average Bonchev–Trinajstić information content (AvgIpc) is 2.33. The van der Waals surface area contributed by atoms with Crippen LogP contribution in [0.15, 0.2) is 59.7 Å². The second-order valence-electron chi connectivity index (χ2n) is 3.57. The molecule has 0 aromatic heterocycles. The summed E-state index contributed by atoms with van der Waals surface area (Å²) in [5, 5.41) is 4.04. The van der Waals surface area contributed by atoms with Gasteiger partial charge < -0.3 is 0 Å². The maximum absolute atomic E-state index is 4.04. The predicted octanol–water partition coefficient (Wildman–Crippen LogP) is 3.32. The summed E-state index contributed by atoms with van der Waals surface area (Å²) in [6.07, 6.45) is 2.92. The van der Waals surface area contributed by atoms with Gasteiger partial charge in [0.05, 0.1) is 17.8 Å². The standard InChI is InChI=1S/C14H13N2/c1-12-7-9-14(10-8-12)16-15-11-13-5-3-2-4-6-13/h2-10,16H,1H3/q+1. The predicted molar refractivity (Wildman–Crippen MR) is 67.8 cm³/mol. The van der Waals surface area contributed by atoms with E-state index in [9.17, 15) is 0 Å². The van der Waals surface area contributed by atoms with Gasteiger partial charge in [-0.1, -0.05) is 22.8 Å². The van der Waals surface area contributed by atoms with Crippen molar-refractivity contribution in [2.45, 2.75) is 6.92 Å². The van der Waals surface area contributed by atoms with Crippen LogP contribution in [-0.4, -0.2) is 6.21 Å². The summed E-state index contributed by atoms with van der Waals surface area (Å²) in [4.78, 5) is 0. The fourth-order valence-electron chi connectivity index (χ4n) is 1.30. The molecule has 0 bridgehead atoms. The molecule has 1 N–H and O–H groups in total. The lowest BCUT2D eigenvalue weighted by molar-refractivity contribution is 1.34. The van der Waals surface area contributed by atoms with Crippen LogP contribution in [0, 0.1) is 6.92 Å². The maximum Gasteiger partial charge on any atom is 0.211 e. The van der Waals surface area contributed by atoms with E-state index in [1.54, 1.807) is 0 Å². The van der Waals surface area contributed by atoms with Gasteiger partial charge in [0.2, 0.25) is 5.56 Å². The van der Waals surface area contributed by atoms with E-state index < -0.39 is 0 Å². The van der Waals surface area contributed by atoms with Crippen molar-refractivity contribution in [2.24, 2.45) is 5.10 Å². The van der Waals surface area contributed by atoms with Crippen molar-refractivity contribution in [3.8, 4) is 0 Å². The van der Waals surface area contributed by atoms with Gasteiger partial charge in [-0.3, -0.25) is 5.43 Å². The molecule has 2 rings (SSSR count). The van der Waals surface area contributed by atoms with Gasteiger partial charge in [-0.05, 0) is 37.3 Å². The van der Waals surface area contributed by atoms with E-state index in [0.717, 1.165) is 11.3 Å². The molecule has 0 amide bonds. The minimum atomic E-state index is 0.960. The van der Waals surface area contributed by atoms with Gasteiger partial charge in [0, 0.05) is 0 Å². The number of rotatable bonds is 3. The van der Waals surface area contributed by atoms with Crippen LogP contribution >= 0.6 is 0 Å². The lowest BCUT2D eigenvalue weighted by atomic mass is 10.2. The van der Waals surface area contributed by atoms with Crippen molar-refractivity contribution >= 4 is 11.9 Å². The topological polar surface area (TPSA) is 24.4 Å². The summed E-state index contributed by atoms with van der Waals surface area (Å²) in [5.41, 5.74) is 6.10. The molecule has 0 spiro atoms. The summed E-state index contributed by atoms with van der Waals surface area (Å²) in [5.74, 6) is 0. The van der Waals surface area contributed by atoms with Crippen LogP contribution in [-0.2, 0) is 0 Å². The molecule has 0 unspecified atom stereocenters. The first kappa shape index (κ1) is 10.3. The largest absolute Gasteiger partial charge is 0.257 e. The Morgan fingerprint density at radius 2 is 1.62 bits per heavy atom. The number of anilines is 1. The Morgan fingerprint density at radius 3 is 2.31 bits per heavy atom. The zero-order valence-electron chi connectivity index (χ0n) is 9.14. The van der Waals surface area contributed by atoms with Crippen LogP contribution in [0.3, 0.4) is 0 Å². The summed E-state index contributed by atoms with van der Waals surface area (Å²) < 4.78 is 0. The van der Waals surface area contributed by atoms with Gasteiger partial charge in [0.1, 0.15) is 0 Å². The first-order valence-electron chi connectivity index (χ1n) is 5.18. The molecule has 2 nitrogen and oxygen atoms in total. The molecule has 0 aliphatic rings. The van der Waals surface area contributed by atoms with Crippen LogP contribution in [0.4, 0.5) is 5.69 Å². The first-order valence-corrected chi connectivity index (χ1v) is 5.18. The lowest BCUT2D eigenvalue weighted by Gasteiger charge is -1.96. The highest BCUT2D eigenvalue weighted by Crippen LogP contribution is 2.08. The summed E-state index contributed by atoms with van der Waals surface area (Å²) in [6.45, 7) is 2.06. The monoisotopic (exact) mass is 209 g/mol. The van der Waals surface area contributed by atoms with Gasteiger partial charge in [0.25, 0.3) is 0 Å². The highest BCUT2D eigenvalue weighted by molar-refractivity contribution is 5.80. The summed E-state index contributed by atoms with van der Waals surface area (Å²) >= 11 is 0. The third kappa shape index (κ3) is 2.91. The molecule has 0 heterocycles. The Morgan fingerprint density at radius 1 is 0.938 bits per heavy atom. The molecule has 0 fully saturated rings. The number of hydrogen-bond donors (Lipinski definition) is 1. The quantitative estimate of drug-likeness (QED) is 0.468. The molecule has 0 atom stereocenters. The molecule has 2 heteroatoms. The van der Waals surface area contributed by atoms with E-state index in [4.69, 9.17) is 0 Å². The van der Waals surface area contributed by atoms with Crippen molar-refractivity contribution in [3.05, 3.63) is 65.7 Å². The molecule has 0 aliphatic carbocycles. The molecule has 0 aliphatic heterocycles. The molecule has 0 saturated carbocycles. The Kier molecular flexibility index (Phi) is 3.27. The number of hydrazone groups is 1. The number of hydrogen-bond acceptors (Lipinski definition) is 2. The van der Waals surface area contributed by atoms with Crippen LogP contribution in [0.2, 0.25) is 0 Å². The third-order valence-corrected chi connectivity index (χ3v) is 2.20. The second-order valence-corrected chi connectivity index (χ2v) is 3.57. The first-order chi connectivity index (χ1) is 7.84. The van der Waals surface area contributed by atoms with Crippen molar-refractivity contribution in [3.63, 3.8) is 0 Å². The van der Waals surface area contributed by atoms with Crippen LogP contribution < -0.4 is 5.43 Å². The van der Waals surface area contributed by atoms with E-state index in [1.165, 1.54) is 5.56 Å². The zero-order valence-corrected chi connectivity index (χ0v) is 9.14. The fraction of sp³-hybridized carbons (Fsp3) is 0.0714. The Balaban J connectivity index is 1.97. The van der Waals surface area contributed by atoms with Crippen molar-refractivity contribution < 1.29 is 0 Å². The van der Waals surface area contributed by atoms with E-state index in [-0.39, 0.29) is 0 Å². The van der Waals surface area contributed by atoms with Gasteiger partial charge >= 0.3 is 0 Å². The van der Waals surface area contributed by atoms with Gasteiger partial charge in [0.15, 0.2) is 6.21 Å². The normalized spacial score (nSPS) is 10.1. The second kappa shape index (κ2) is 5.06. The Labute approximate surface area is 95.6 Å². The summed E-state index contributed by atoms with van der Waals surface area (Å²) in [6, 6.07) is 17.9. The molecular formula is C14H13N2+. The highest BCUT2D eigenvalue weighted by atomic mass is 15.3. The Hall–Kier alpha value is -2.18. The fourth-order valence-corrected chi connectivity index (χ4v) is 1.30. The van der Waals surface area contributed by atoms with Crippen molar-refractivity contribution in [1.82, 2.24) is 0 Å². The minimum Gasteiger partial charge on any atom is -0.257 e. The van der Waals surface area contributed by atoms with E-state index in [2.05, 4.69) is 23.7 Å². The molecule has 2 aromatic carbocycles. The smallest absolute Gasteiger partial charge is 0.211 e. The van der Waals surface area contributed by atoms with Gasteiger partial charge in [-0.25, -0.2) is 0 Å². The summed E-state index contributed by atoms with van der Waals surface area (Å²) in [7, 11) is 0. The van der Waals surface area contributed by atoms with E-state index in [0.29, 0.717) is 0 Å². The van der Waals surface area contributed by atoms with Crippen molar-refractivity contribution in [2.75, 3.05) is 5.43 Å². The van der Waals surface area contributed by atoms with E-state index in [1.807, 2.05) is 54.6 Å². The van der Waals surface area contributed by atoms with Crippen LogP contribution in [0.5, 0.6) is 0 Å².